The average Bonchev–Trinajstić information content (AvgIpc) is 2.78. The highest BCUT2D eigenvalue weighted by molar-refractivity contribution is 5.89. The largest absolute Gasteiger partial charge is 0.370 e. The van der Waals surface area contributed by atoms with Gasteiger partial charge in [-0.1, -0.05) is 30.3 Å². The molecular formula is C25H23N3. The van der Waals surface area contributed by atoms with Crippen molar-refractivity contribution in [2.24, 2.45) is 0 Å². The van der Waals surface area contributed by atoms with Crippen molar-refractivity contribution in [3.05, 3.63) is 71.4 Å². The van der Waals surface area contributed by atoms with Crippen LogP contribution in [0.5, 0.6) is 0 Å². The van der Waals surface area contributed by atoms with Crippen LogP contribution in [0.1, 0.15) is 36.0 Å². The van der Waals surface area contributed by atoms with Gasteiger partial charge in [0.25, 0.3) is 0 Å². The van der Waals surface area contributed by atoms with Crippen molar-refractivity contribution in [3.8, 4) is 28.5 Å². The lowest BCUT2D eigenvalue weighted by Crippen LogP contribution is -2.31. The monoisotopic (exact) mass is 365 g/mol. The Bertz CT molecular complexity index is 1060. The molecule has 0 bridgehead atoms. The molecule has 2 aliphatic rings. The van der Waals surface area contributed by atoms with Gasteiger partial charge in [0.2, 0.25) is 0 Å². The van der Waals surface area contributed by atoms with Crippen LogP contribution in [0, 0.1) is 11.3 Å². The highest BCUT2D eigenvalue weighted by Gasteiger charge is 2.27. The number of aromatic nitrogens is 1. The summed E-state index contributed by atoms with van der Waals surface area (Å²) in [5, 5.41) is 10.2. The predicted molar refractivity (Wildman–Crippen MR) is 113 cm³/mol. The highest BCUT2D eigenvalue weighted by atomic mass is 15.1. The molecule has 0 amide bonds. The summed E-state index contributed by atoms with van der Waals surface area (Å²) in [5.41, 5.74) is 9.12. The highest BCUT2D eigenvalue weighted by Crippen LogP contribution is 2.44. The second-order valence-electron chi connectivity index (χ2n) is 7.71. The first-order valence-corrected chi connectivity index (χ1v) is 10.2. The van der Waals surface area contributed by atoms with Gasteiger partial charge in [-0.05, 0) is 72.6 Å². The molecule has 1 aliphatic heterocycles. The van der Waals surface area contributed by atoms with Crippen molar-refractivity contribution >= 4 is 5.69 Å². The Labute approximate surface area is 166 Å². The number of pyridine rings is 1. The molecule has 5 rings (SSSR count). The summed E-state index contributed by atoms with van der Waals surface area (Å²) >= 11 is 0. The molecule has 2 heterocycles. The smallest absolute Gasteiger partial charge is 0.102 e. The summed E-state index contributed by atoms with van der Waals surface area (Å²) < 4.78 is 0. The van der Waals surface area contributed by atoms with Gasteiger partial charge < -0.3 is 4.90 Å². The van der Waals surface area contributed by atoms with E-state index >= 15 is 0 Å². The van der Waals surface area contributed by atoms with Crippen molar-refractivity contribution in [2.75, 3.05) is 18.0 Å². The predicted octanol–water partition coefficient (Wildman–Crippen LogP) is 5.38. The zero-order valence-electron chi connectivity index (χ0n) is 16.0. The number of hydrogen-bond donors (Lipinski definition) is 0. The van der Waals surface area contributed by atoms with Gasteiger partial charge in [0, 0.05) is 24.8 Å². The molecule has 2 aromatic carbocycles. The van der Waals surface area contributed by atoms with Gasteiger partial charge in [0.15, 0.2) is 0 Å². The van der Waals surface area contributed by atoms with Crippen molar-refractivity contribution in [2.45, 2.75) is 32.1 Å². The lowest BCUT2D eigenvalue weighted by atomic mass is 9.81. The van der Waals surface area contributed by atoms with E-state index in [-0.39, 0.29) is 0 Å². The molecule has 0 unspecified atom stereocenters. The fraction of sp³-hybridized carbons (Fsp3) is 0.280. The first-order valence-electron chi connectivity index (χ1n) is 10.2. The van der Waals surface area contributed by atoms with E-state index in [9.17, 15) is 5.26 Å². The lowest BCUT2D eigenvalue weighted by Gasteiger charge is -2.34. The molecule has 0 atom stereocenters. The second kappa shape index (κ2) is 7.13. The van der Waals surface area contributed by atoms with E-state index in [0.717, 1.165) is 48.4 Å². The molecular weight excluding hydrogens is 342 g/mol. The molecule has 0 N–H and O–H groups in total. The summed E-state index contributed by atoms with van der Waals surface area (Å²) in [7, 11) is 0. The third kappa shape index (κ3) is 2.77. The molecule has 3 heteroatoms. The number of fused-ring (bicyclic) bond motifs is 3. The Morgan fingerprint density at radius 2 is 1.68 bits per heavy atom. The summed E-state index contributed by atoms with van der Waals surface area (Å²) in [6.45, 7) is 2.07. The van der Waals surface area contributed by atoms with Gasteiger partial charge in [0.05, 0.1) is 16.9 Å². The van der Waals surface area contributed by atoms with Crippen molar-refractivity contribution < 1.29 is 0 Å². The van der Waals surface area contributed by atoms with Gasteiger partial charge in [-0.25, -0.2) is 0 Å². The summed E-state index contributed by atoms with van der Waals surface area (Å²) in [6, 6.07) is 19.4. The fourth-order valence-corrected chi connectivity index (χ4v) is 4.77. The zero-order chi connectivity index (χ0) is 18.9. The number of piperidine rings is 1. The number of nitriles is 1. The van der Waals surface area contributed by atoms with E-state index in [1.165, 1.54) is 41.5 Å². The molecule has 138 valence electrons. The molecule has 1 aromatic heterocycles. The van der Waals surface area contributed by atoms with Crippen molar-refractivity contribution in [3.63, 3.8) is 0 Å². The van der Waals surface area contributed by atoms with Gasteiger partial charge in [-0.15, -0.1) is 0 Å². The molecule has 0 radical (unpaired) electrons. The molecule has 1 saturated heterocycles. The minimum atomic E-state index is 0.790. The summed E-state index contributed by atoms with van der Waals surface area (Å²) in [4.78, 5) is 7.04. The molecule has 0 saturated carbocycles. The van der Waals surface area contributed by atoms with Crippen LogP contribution in [0.2, 0.25) is 0 Å². The van der Waals surface area contributed by atoms with Crippen molar-refractivity contribution in [1.82, 2.24) is 4.98 Å². The third-order valence-corrected chi connectivity index (χ3v) is 6.08. The molecule has 28 heavy (non-hydrogen) atoms. The summed E-state index contributed by atoms with van der Waals surface area (Å²) in [6.07, 6.45) is 7.52. The van der Waals surface area contributed by atoms with Crippen LogP contribution in [0.3, 0.4) is 0 Å². The van der Waals surface area contributed by atoms with Gasteiger partial charge in [-0.2, -0.15) is 5.26 Å². The summed E-state index contributed by atoms with van der Waals surface area (Å²) in [5.74, 6) is 0. The number of rotatable bonds is 2. The second-order valence-corrected chi connectivity index (χ2v) is 7.71. The molecule has 1 fully saturated rings. The Kier molecular flexibility index (Phi) is 4.33. The van der Waals surface area contributed by atoms with E-state index in [1.54, 1.807) is 0 Å². The van der Waals surface area contributed by atoms with Crippen LogP contribution in [0.25, 0.3) is 22.4 Å². The van der Waals surface area contributed by atoms with Crippen LogP contribution in [0.4, 0.5) is 5.69 Å². The topological polar surface area (TPSA) is 39.9 Å². The SMILES string of the molecule is N#Cc1c(-c2ccccn2)cc2c(c1N1CCCCC1)CCc1ccccc1-2. The maximum Gasteiger partial charge on any atom is 0.102 e. The van der Waals surface area contributed by atoms with E-state index in [0.29, 0.717) is 0 Å². The van der Waals surface area contributed by atoms with Gasteiger partial charge >= 0.3 is 0 Å². The van der Waals surface area contributed by atoms with E-state index in [2.05, 4.69) is 46.3 Å². The van der Waals surface area contributed by atoms with Gasteiger partial charge in [-0.3, -0.25) is 4.98 Å². The molecule has 0 spiro atoms. The maximum atomic E-state index is 10.2. The number of nitrogens with zero attached hydrogens (tertiary/aromatic N) is 3. The van der Waals surface area contributed by atoms with Crippen LogP contribution >= 0.6 is 0 Å². The Morgan fingerprint density at radius 1 is 0.857 bits per heavy atom. The quantitative estimate of drug-likeness (QED) is 0.612. The van der Waals surface area contributed by atoms with Gasteiger partial charge in [0.1, 0.15) is 6.07 Å². The lowest BCUT2D eigenvalue weighted by molar-refractivity contribution is 0.576. The third-order valence-electron chi connectivity index (χ3n) is 6.08. The number of hydrogen-bond acceptors (Lipinski definition) is 3. The number of benzene rings is 2. The Morgan fingerprint density at radius 3 is 2.46 bits per heavy atom. The first kappa shape index (κ1) is 17.0. The maximum absolute atomic E-state index is 10.2. The number of anilines is 1. The van der Waals surface area contributed by atoms with Crippen LogP contribution in [-0.2, 0) is 12.8 Å². The minimum absolute atomic E-state index is 0.790. The van der Waals surface area contributed by atoms with Crippen molar-refractivity contribution in [1.29, 1.82) is 5.26 Å². The molecule has 1 aliphatic carbocycles. The van der Waals surface area contributed by atoms with Crippen LogP contribution in [0.15, 0.2) is 54.7 Å². The zero-order valence-corrected chi connectivity index (χ0v) is 16.0. The van der Waals surface area contributed by atoms with E-state index in [4.69, 9.17) is 0 Å². The van der Waals surface area contributed by atoms with E-state index in [1.807, 2.05) is 24.4 Å². The first-order chi connectivity index (χ1) is 13.9. The van der Waals surface area contributed by atoms with Crippen LogP contribution in [-0.4, -0.2) is 18.1 Å². The number of aryl methyl sites for hydroxylation is 1. The van der Waals surface area contributed by atoms with Crippen LogP contribution < -0.4 is 4.90 Å². The fourth-order valence-electron chi connectivity index (χ4n) is 4.77. The minimum Gasteiger partial charge on any atom is -0.370 e. The Hall–Kier alpha value is -3.12. The molecule has 3 nitrogen and oxygen atoms in total. The average molecular weight is 365 g/mol. The Balaban J connectivity index is 1.81. The normalized spacial score (nSPS) is 15.5. The standard InChI is InChI=1S/C25H23N3/c26-17-23-22(24-10-4-5-13-27-24)16-21-19-9-3-2-8-18(19)11-12-20(21)25(23)28-14-6-1-7-15-28/h2-5,8-10,13,16H,1,6-7,11-12,14-15H2. The molecule has 3 aromatic rings. The van der Waals surface area contributed by atoms with E-state index < -0.39 is 0 Å².